The first kappa shape index (κ1) is 14.7. The molecule has 0 fully saturated rings. The standard InChI is InChI=1S/C10H17N3O4S/c1-8(11)7-17-9-5-10(14)13(12-6-9)3-4-18(2,15)16/h5-6,8H,3-4,7,11H2,1-2H3. The number of nitrogens with zero attached hydrogens (tertiary/aromatic N) is 2. The van der Waals surface area contributed by atoms with Crippen LogP contribution in [-0.2, 0) is 16.4 Å². The zero-order valence-corrected chi connectivity index (χ0v) is 11.2. The first-order valence-corrected chi connectivity index (χ1v) is 7.47. The highest BCUT2D eigenvalue weighted by molar-refractivity contribution is 7.90. The largest absolute Gasteiger partial charge is 0.490 e. The van der Waals surface area contributed by atoms with Crippen LogP contribution in [0.25, 0.3) is 0 Å². The molecule has 0 aliphatic heterocycles. The minimum Gasteiger partial charge on any atom is -0.490 e. The molecular formula is C10H17N3O4S. The molecule has 1 aromatic rings. The third-order valence-corrected chi connectivity index (χ3v) is 2.96. The molecule has 8 heteroatoms. The lowest BCUT2D eigenvalue weighted by Crippen LogP contribution is -2.27. The molecule has 0 amide bonds. The summed E-state index contributed by atoms with van der Waals surface area (Å²) in [5.41, 5.74) is 5.11. The fraction of sp³-hybridized carbons (Fsp3) is 0.600. The van der Waals surface area contributed by atoms with Crippen molar-refractivity contribution in [3.05, 3.63) is 22.6 Å². The first-order valence-electron chi connectivity index (χ1n) is 5.41. The highest BCUT2D eigenvalue weighted by Crippen LogP contribution is 2.03. The number of sulfone groups is 1. The molecule has 0 aliphatic carbocycles. The molecule has 1 atom stereocenters. The van der Waals surface area contributed by atoms with Crippen molar-refractivity contribution in [2.45, 2.75) is 19.5 Å². The predicted octanol–water partition coefficient (Wildman–Crippen LogP) is -0.986. The van der Waals surface area contributed by atoms with Gasteiger partial charge in [0.05, 0.1) is 18.5 Å². The number of hydrogen-bond donors (Lipinski definition) is 1. The lowest BCUT2D eigenvalue weighted by atomic mass is 10.4. The Morgan fingerprint density at radius 2 is 2.22 bits per heavy atom. The zero-order chi connectivity index (χ0) is 13.8. The number of aromatic nitrogens is 2. The van der Waals surface area contributed by atoms with Crippen molar-refractivity contribution in [3.8, 4) is 5.75 Å². The Hall–Kier alpha value is -1.41. The minimum absolute atomic E-state index is 0.0330. The van der Waals surface area contributed by atoms with Crippen LogP contribution in [0.3, 0.4) is 0 Å². The molecule has 0 radical (unpaired) electrons. The number of aryl methyl sites for hydroxylation is 1. The summed E-state index contributed by atoms with van der Waals surface area (Å²) in [6.07, 6.45) is 2.48. The molecule has 1 rings (SSSR count). The molecule has 0 spiro atoms. The third-order valence-electron chi connectivity index (χ3n) is 2.03. The Kier molecular flexibility index (Phi) is 4.85. The Morgan fingerprint density at radius 3 is 2.72 bits per heavy atom. The van der Waals surface area contributed by atoms with E-state index in [1.165, 1.54) is 12.3 Å². The van der Waals surface area contributed by atoms with Gasteiger partial charge in [0.1, 0.15) is 22.2 Å². The van der Waals surface area contributed by atoms with Gasteiger partial charge in [-0.3, -0.25) is 4.79 Å². The van der Waals surface area contributed by atoms with Crippen LogP contribution in [-0.4, -0.2) is 42.9 Å². The van der Waals surface area contributed by atoms with Gasteiger partial charge in [-0.25, -0.2) is 13.1 Å². The second-order valence-corrected chi connectivity index (χ2v) is 6.43. The number of hydrogen-bond acceptors (Lipinski definition) is 6. The molecule has 1 heterocycles. The van der Waals surface area contributed by atoms with Crippen LogP contribution in [0.1, 0.15) is 6.92 Å². The number of nitrogens with two attached hydrogens (primary N) is 1. The van der Waals surface area contributed by atoms with Crippen LogP contribution in [0, 0.1) is 0 Å². The number of ether oxygens (including phenoxy) is 1. The van der Waals surface area contributed by atoms with E-state index in [0.717, 1.165) is 10.9 Å². The van der Waals surface area contributed by atoms with Gasteiger partial charge < -0.3 is 10.5 Å². The molecule has 0 bridgehead atoms. The van der Waals surface area contributed by atoms with Crippen molar-refractivity contribution >= 4 is 9.84 Å². The summed E-state index contributed by atoms with van der Waals surface area (Å²) in [4.78, 5) is 11.6. The molecule has 0 saturated carbocycles. The molecule has 0 aliphatic rings. The second-order valence-electron chi connectivity index (χ2n) is 4.17. The van der Waals surface area contributed by atoms with Crippen LogP contribution in [0.4, 0.5) is 0 Å². The van der Waals surface area contributed by atoms with Crippen LogP contribution in [0.2, 0.25) is 0 Å². The van der Waals surface area contributed by atoms with Crippen molar-refractivity contribution in [2.75, 3.05) is 18.6 Å². The summed E-state index contributed by atoms with van der Waals surface area (Å²) >= 11 is 0. The van der Waals surface area contributed by atoms with Crippen LogP contribution >= 0.6 is 0 Å². The van der Waals surface area contributed by atoms with Crippen molar-refractivity contribution in [1.29, 1.82) is 0 Å². The van der Waals surface area contributed by atoms with Crippen LogP contribution in [0.15, 0.2) is 17.1 Å². The van der Waals surface area contributed by atoms with Gasteiger partial charge in [0, 0.05) is 18.4 Å². The van der Waals surface area contributed by atoms with Crippen LogP contribution in [0.5, 0.6) is 5.75 Å². The Morgan fingerprint density at radius 1 is 1.56 bits per heavy atom. The van der Waals surface area contributed by atoms with E-state index in [-0.39, 0.29) is 24.9 Å². The van der Waals surface area contributed by atoms with Crippen molar-refractivity contribution in [3.63, 3.8) is 0 Å². The van der Waals surface area contributed by atoms with E-state index in [1.807, 2.05) is 0 Å². The van der Waals surface area contributed by atoms with E-state index in [4.69, 9.17) is 10.5 Å². The Balaban J connectivity index is 2.71. The van der Waals surface area contributed by atoms with Gasteiger partial charge >= 0.3 is 0 Å². The first-order chi connectivity index (χ1) is 8.28. The maximum Gasteiger partial charge on any atom is 0.270 e. The van der Waals surface area contributed by atoms with E-state index in [9.17, 15) is 13.2 Å². The Labute approximate surface area is 105 Å². The van der Waals surface area contributed by atoms with Crippen molar-refractivity contribution in [1.82, 2.24) is 9.78 Å². The molecule has 1 aromatic heterocycles. The molecule has 7 nitrogen and oxygen atoms in total. The number of rotatable bonds is 6. The maximum atomic E-state index is 11.6. The summed E-state index contributed by atoms with van der Waals surface area (Å²) in [5.74, 6) is 0.202. The average Bonchev–Trinajstić information content (AvgIpc) is 2.23. The van der Waals surface area contributed by atoms with E-state index in [0.29, 0.717) is 5.75 Å². The monoisotopic (exact) mass is 275 g/mol. The molecule has 0 saturated heterocycles. The summed E-state index contributed by atoms with van der Waals surface area (Å²) in [7, 11) is -3.12. The van der Waals surface area contributed by atoms with Gasteiger partial charge in [-0.2, -0.15) is 5.10 Å². The van der Waals surface area contributed by atoms with Crippen molar-refractivity contribution < 1.29 is 13.2 Å². The highest BCUT2D eigenvalue weighted by atomic mass is 32.2. The predicted molar refractivity (Wildman–Crippen MR) is 67.4 cm³/mol. The fourth-order valence-corrected chi connectivity index (χ4v) is 1.65. The third kappa shape index (κ3) is 5.28. The highest BCUT2D eigenvalue weighted by Gasteiger charge is 2.06. The molecule has 2 N–H and O–H groups in total. The van der Waals surface area contributed by atoms with E-state index in [1.54, 1.807) is 6.92 Å². The van der Waals surface area contributed by atoms with Crippen LogP contribution < -0.4 is 16.0 Å². The van der Waals surface area contributed by atoms with Gasteiger partial charge in [-0.1, -0.05) is 0 Å². The lowest BCUT2D eigenvalue weighted by Gasteiger charge is -2.09. The molecular weight excluding hydrogens is 258 g/mol. The lowest BCUT2D eigenvalue weighted by molar-refractivity contribution is 0.293. The molecule has 0 aromatic carbocycles. The quantitative estimate of drug-likeness (QED) is 0.715. The maximum absolute atomic E-state index is 11.6. The van der Waals surface area contributed by atoms with Gasteiger partial charge in [0.15, 0.2) is 0 Å². The average molecular weight is 275 g/mol. The van der Waals surface area contributed by atoms with E-state index in [2.05, 4.69) is 5.10 Å². The normalized spacial score (nSPS) is 13.3. The summed E-state index contributed by atoms with van der Waals surface area (Å²) < 4.78 is 28.3. The van der Waals surface area contributed by atoms with Gasteiger partial charge in [0.2, 0.25) is 0 Å². The molecule has 18 heavy (non-hydrogen) atoms. The SMILES string of the molecule is CC(N)COc1cnn(CCS(C)(=O)=O)c(=O)c1. The summed E-state index contributed by atoms with van der Waals surface area (Å²) in [6.45, 7) is 2.10. The molecule has 1 unspecified atom stereocenters. The van der Waals surface area contributed by atoms with Gasteiger partial charge in [-0.05, 0) is 6.92 Å². The fourth-order valence-electron chi connectivity index (χ4n) is 1.14. The minimum atomic E-state index is -3.12. The second kappa shape index (κ2) is 5.96. The topological polar surface area (TPSA) is 104 Å². The smallest absolute Gasteiger partial charge is 0.270 e. The zero-order valence-electron chi connectivity index (χ0n) is 10.4. The summed E-state index contributed by atoms with van der Waals surface area (Å²) in [5, 5.41) is 3.83. The van der Waals surface area contributed by atoms with Crippen molar-refractivity contribution in [2.24, 2.45) is 5.73 Å². The molecule has 102 valence electrons. The van der Waals surface area contributed by atoms with E-state index >= 15 is 0 Å². The van der Waals surface area contributed by atoms with Gasteiger partial charge in [0.25, 0.3) is 5.56 Å². The van der Waals surface area contributed by atoms with E-state index < -0.39 is 15.4 Å². The Bertz CT molecular complexity index is 550. The summed E-state index contributed by atoms with van der Waals surface area (Å²) in [6, 6.07) is 1.12. The van der Waals surface area contributed by atoms with Gasteiger partial charge in [-0.15, -0.1) is 0 Å².